The minimum Gasteiger partial charge on any atom is -0.478 e. The van der Waals surface area contributed by atoms with Crippen molar-refractivity contribution in [2.45, 2.75) is 11.8 Å². The number of aromatic carboxylic acids is 1. The molecule has 0 spiro atoms. The molecule has 0 saturated heterocycles. The Morgan fingerprint density at radius 2 is 1.89 bits per heavy atom. The number of carboxylic acids is 1. The van der Waals surface area contributed by atoms with Crippen molar-refractivity contribution in [2.75, 3.05) is 0 Å². The molecule has 0 aliphatic rings. The van der Waals surface area contributed by atoms with Crippen molar-refractivity contribution in [1.82, 2.24) is 0 Å². The second-order valence-corrected chi connectivity index (χ2v) is 6.09. The van der Waals surface area contributed by atoms with Crippen LogP contribution in [0.3, 0.4) is 0 Å². The third-order valence-corrected chi connectivity index (χ3v) is 3.30. The average Bonchev–Trinajstić information content (AvgIpc) is 2.17. The van der Waals surface area contributed by atoms with Crippen LogP contribution in [0.2, 0.25) is 5.02 Å². The topological polar surface area (TPSA) is 97.7 Å². The van der Waals surface area contributed by atoms with Gasteiger partial charge in [0.05, 0.1) is 0 Å². The summed E-state index contributed by atoms with van der Waals surface area (Å²) in [6, 6.07) is 1.85. The molecule has 0 saturated carbocycles. The molecule has 0 radical (unpaired) electrons. The number of rotatable bonds is 3. The van der Waals surface area contributed by atoms with Crippen molar-refractivity contribution in [3.05, 3.63) is 22.7 Å². The van der Waals surface area contributed by atoms with Crippen molar-refractivity contribution in [3.8, 4) is 5.75 Å². The van der Waals surface area contributed by atoms with Crippen LogP contribution in [-0.2, 0) is 13.8 Å². The third kappa shape index (κ3) is 3.34. The fourth-order valence-electron chi connectivity index (χ4n) is 1.16. The number of hydrogen-bond donors (Lipinski definition) is 1. The smallest absolute Gasteiger partial charge is 0.339 e. The van der Waals surface area contributed by atoms with Gasteiger partial charge in [-0.15, -0.1) is 0 Å². The Balaban J connectivity index is 3.68. The maximum Gasteiger partial charge on any atom is 0.339 e. The molecule has 1 N–H and O–H groups in total. The van der Waals surface area contributed by atoms with E-state index in [4.69, 9.17) is 27.4 Å². The summed E-state index contributed by atoms with van der Waals surface area (Å²) in [5.41, 5.74) is -0.572. The zero-order valence-electron chi connectivity index (χ0n) is 8.81. The summed E-state index contributed by atoms with van der Waals surface area (Å²) in [4.78, 5) is 21.1. The summed E-state index contributed by atoms with van der Waals surface area (Å²) in [6.45, 7) is 0.991. The van der Waals surface area contributed by atoms with Gasteiger partial charge in [0.25, 0.3) is 9.05 Å². The maximum atomic E-state index is 11.3. The summed E-state index contributed by atoms with van der Waals surface area (Å²) in [5.74, 6) is -3.05. The lowest BCUT2D eigenvalue weighted by Crippen LogP contribution is -2.11. The molecule has 6 nitrogen and oxygen atoms in total. The van der Waals surface area contributed by atoms with E-state index in [0.717, 1.165) is 19.1 Å². The van der Waals surface area contributed by atoms with Crippen LogP contribution in [0.5, 0.6) is 5.75 Å². The van der Waals surface area contributed by atoms with Gasteiger partial charge in [-0.25, -0.2) is 13.2 Å². The van der Waals surface area contributed by atoms with Gasteiger partial charge in [-0.05, 0) is 12.1 Å². The minimum absolute atomic E-state index is 0.164. The minimum atomic E-state index is -4.31. The molecule has 18 heavy (non-hydrogen) atoms. The van der Waals surface area contributed by atoms with Gasteiger partial charge >= 0.3 is 11.9 Å². The lowest BCUT2D eigenvalue weighted by atomic mass is 10.2. The number of carboxylic acid groups (broad SMARTS) is 1. The van der Waals surface area contributed by atoms with Crippen molar-refractivity contribution >= 4 is 43.3 Å². The van der Waals surface area contributed by atoms with Gasteiger partial charge in [-0.3, -0.25) is 4.79 Å². The Morgan fingerprint density at radius 3 is 2.28 bits per heavy atom. The SMILES string of the molecule is CC(=O)Oc1c(C(=O)O)cc(Cl)cc1S(=O)(=O)Cl. The second kappa shape index (κ2) is 5.13. The van der Waals surface area contributed by atoms with Gasteiger partial charge in [-0.2, -0.15) is 0 Å². The zero-order chi connectivity index (χ0) is 14.1. The zero-order valence-corrected chi connectivity index (χ0v) is 11.1. The van der Waals surface area contributed by atoms with Crippen LogP contribution in [0.25, 0.3) is 0 Å². The molecule has 0 amide bonds. The van der Waals surface area contributed by atoms with Crippen molar-refractivity contribution < 1.29 is 27.9 Å². The van der Waals surface area contributed by atoms with E-state index < -0.39 is 37.2 Å². The largest absolute Gasteiger partial charge is 0.478 e. The molecule has 0 heterocycles. The molecule has 0 unspecified atom stereocenters. The summed E-state index contributed by atoms with van der Waals surface area (Å²) < 4.78 is 27.1. The van der Waals surface area contributed by atoms with Gasteiger partial charge in [-0.1, -0.05) is 11.6 Å². The molecular weight excluding hydrogens is 307 g/mol. The monoisotopic (exact) mass is 312 g/mol. The van der Waals surface area contributed by atoms with Crippen LogP contribution >= 0.6 is 22.3 Å². The average molecular weight is 313 g/mol. The Labute approximate surface area is 111 Å². The fraction of sp³-hybridized carbons (Fsp3) is 0.111. The number of carbonyl (C=O) groups excluding carboxylic acids is 1. The second-order valence-electron chi connectivity index (χ2n) is 3.12. The first kappa shape index (κ1) is 14.7. The third-order valence-electron chi connectivity index (χ3n) is 1.76. The lowest BCUT2D eigenvalue weighted by molar-refractivity contribution is -0.132. The van der Waals surface area contributed by atoms with Crippen LogP contribution in [-0.4, -0.2) is 25.5 Å². The lowest BCUT2D eigenvalue weighted by Gasteiger charge is -2.10. The number of carbonyl (C=O) groups is 2. The van der Waals surface area contributed by atoms with E-state index in [1.807, 2.05) is 0 Å². The number of esters is 1. The predicted molar refractivity (Wildman–Crippen MR) is 62.8 cm³/mol. The van der Waals surface area contributed by atoms with Crippen LogP contribution in [0.1, 0.15) is 17.3 Å². The molecule has 9 heteroatoms. The van der Waals surface area contributed by atoms with Crippen LogP contribution < -0.4 is 4.74 Å². The van der Waals surface area contributed by atoms with Crippen molar-refractivity contribution in [1.29, 1.82) is 0 Å². The van der Waals surface area contributed by atoms with E-state index in [1.165, 1.54) is 0 Å². The van der Waals surface area contributed by atoms with E-state index >= 15 is 0 Å². The molecule has 0 bridgehead atoms. The molecule has 1 aromatic carbocycles. The van der Waals surface area contributed by atoms with Gasteiger partial charge in [0.15, 0.2) is 5.75 Å². The molecule has 98 valence electrons. The highest BCUT2D eigenvalue weighted by atomic mass is 35.7. The van der Waals surface area contributed by atoms with Gasteiger partial charge in [0.1, 0.15) is 10.5 Å². The number of hydrogen-bond acceptors (Lipinski definition) is 5. The highest BCUT2D eigenvalue weighted by molar-refractivity contribution is 8.13. The summed E-state index contributed by atoms with van der Waals surface area (Å²) in [7, 11) is 0.815. The molecule has 0 fully saturated rings. The molecule has 0 aliphatic heterocycles. The van der Waals surface area contributed by atoms with Gasteiger partial charge in [0.2, 0.25) is 0 Å². The van der Waals surface area contributed by atoms with Crippen LogP contribution in [0, 0.1) is 0 Å². The summed E-state index contributed by atoms with van der Waals surface area (Å²) in [6.07, 6.45) is 0. The first-order valence-electron chi connectivity index (χ1n) is 4.33. The highest BCUT2D eigenvalue weighted by Crippen LogP contribution is 2.34. The van der Waals surface area contributed by atoms with E-state index in [0.29, 0.717) is 0 Å². The van der Waals surface area contributed by atoms with E-state index in [9.17, 15) is 18.0 Å². The normalized spacial score (nSPS) is 11.1. The van der Waals surface area contributed by atoms with E-state index in [-0.39, 0.29) is 5.02 Å². The summed E-state index contributed by atoms with van der Waals surface area (Å²) >= 11 is 5.58. The molecule has 1 rings (SSSR count). The van der Waals surface area contributed by atoms with E-state index in [1.54, 1.807) is 0 Å². The van der Waals surface area contributed by atoms with Gasteiger partial charge < -0.3 is 9.84 Å². The molecule has 0 aliphatic carbocycles. The summed E-state index contributed by atoms with van der Waals surface area (Å²) in [5, 5.41) is 8.74. The van der Waals surface area contributed by atoms with Crippen LogP contribution in [0.4, 0.5) is 0 Å². The number of halogens is 2. The van der Waals surface area contributed by atoms with E-state index in [2.05, 4.69) is 4.74 Å². The highest BCUT2D eigenvalue weighted by Gasteiger charge is 2.25. The standard InChI is InChI=1S/C9H6Cl2O6S/c1-4(12)17-8-6(9(13)14)2-5(10)3-7(8)18(11,15)16/h2-3H,1H3,(H,13,14). The predicted octanol–water partition coefficient (Wildman–Crippen LogP) is 1.89. The fourth-order valence-corrected chi connectivity index (χ4v) is 2.43. The Bertz CT molecular complexity index is 622. The van der Waals surface area contributed by atoms with Crippen molar-refractivity contribution in [3.63, 3.8) is 0 Å². The molecule has 1 aromatic rings. The molecular formula is C9H6Cl2O6S. The first-order valence-corrected chi connectivity index (χ1v) is 7.01. The molecule has 0 aromatic heterocycles. The first-order chi connectivity index (χ1) is 8.12. The Morgan fingerprint density at radius 1 is 1.33 bits per heavy atom. The maximum absolute atomic E-state index is 11.3. The van der Waals surface area contributed by atoms with Gasteiger partial charge in [0, 0.05) is 22.6 Å². The Kier molecular flexibility index (Phi) is 4.20. The quantitative estimate of drug-likeness (QED) is 0.520. The van der Waals surface area contributed by atoms with Crippen LogP contribution in [0.15, 0.2) is 17.0 Å². The number of ether oxygens (including phenoxy) is 1. The Hall–Kier alpha value is -1.31. The molecule has 0 atom stereocenters. The van der Waals surface area contributed by atoms with Crippen molar-refractivity contribution in [2.24, 2.45) is 0 Å². The number of benzene rings is 1.